The second kappa shape index (κ2) is 7.16. The van der Waals surface area contributed by atoms with Crippen LogP contribution in [0.5, 0.6) is 0 Å². The monoisotopic (exact) mass is 319 g/mol. The maximum absolute atomic E-state index is 12.9. The van der Waals surface area contributed by atoms with E-state index >= 15 is 0 Å². The van der Waals surface area contributed by atoms with Gasteiger partial charge in [0, 0.05) is 13.1 Å². The number of likely N-dealkylation sites (tertiary alicyclic amines) is 1. The van der Waals surface area contributed by atoms with Crippen molar-refractivity contribution in [2.75, 3.05) is 13.1 Å². The number of piperidine rings is 1. The first kappa shape index (κ1) is 17.5. The van der Waals surface area contributed by atoms with Gasteiger partial charge in [-0.3, -0.25) is 0 Å². The van der Waals surface area contributed by atoms with Crippen LogP contribution in [-0.2, 0) is 11.2 Å². The molecule has 1 saturated heterocycles. The maximum Gasteiger partial charge on any atom is 0.410 e. The van der Waals surface area contributed by atoms with Gasteiger partial charge in [0.15, 0.2) is 0 Å². The van der Waals surface area contributed by atoms with Gasteiger partial charge < -0.3 is 9.64 Å². The third-order valence-corrected chi connectivity index (χ3v) is 4.07. The molecular formula is C19H26FNO2. The third kappa shape index (κ3) is 5.38. The van der Waals surface area contributed by atoms with Crippen LogP contribution >= 0.6 is 0 Å². The molecule has 2 rings (SSSR count). The fourth-order valence-corrected chi connectivity index (χ4v) is 2.81. The van der Waals surface area contributed by atoms with Crippen LogP contribution in [-0.4, -0.2) is 29.7 Å². The molecule has 1 aromatic carbocycles. The minimum Gasteiger partial charge on any atom is -0.444 e. The number of carbonyl (C=O) groups excluding carboxylic acids is 1. The molecule has 3 nitrogen and oxygen atoms in total. The topological polar surface area (TPSA) is 29.5 Å². The van der Waals surface area contributed by atoms with Crippen LogP contribution in [0.1, 0.15) is 39.2 Å². The molecule has 1 aromatic rings. The van der Waals surface area contributed by atoms with Crippen molar-refractivity contribution in [3.05, 3.63) is 47.8 Å². The predicted molar refractivity (Wildman–Crippen MR) is 89.8 cm³/mol. The Bertz CT molecular complexity index is 552. The molecule has 4 heteroatoms. The summed E-state index contributed by atoms with van der Waals surface area (Å²) < 4.78 is 18.4. The van der Waals surface area contributed by atoms with E-state index in [1.54, 1.807) is 17.0 Å². The second-order valence-corrected chi connectivity index (χ2v) is 7.20. The first-order valence-corrected chi connectivity index (χ1v) is 8.14. The van der Waals surface area contributed by atoms with E-state index in [0.717, 1.165) is 30.4 Å². The number of allylic oxidation sites excluding steroid dienone is 1. The predicted octanol–water partition coefficient (Wildman–Crippen LogP) is 4.57. The van der Waals surface area contributed by atoms with Crippen molar-refractivity contribution in [2.24, 2.45) is 5.92 Å². The van der Waals surface area contributed by atoms with Gasteiger partial charge in [-0.2, -0.15) is 0 Å². The smallest absolute Gasteiger partial charge is 0.410 e. The van der Waals surface area contributed by atoms with Crippen molar-refractivity contribution < 1.29 is 13.9 Å². The average molecular weight is 319 g/mol. The Morgan fingerprint density at radius 1 is 1.26 bits per heavy atom. The van der Waals surface area contributed by atoms with E-state index in [1.807, 2.05) is 20.8 Å². The molecule has 0 saturated carbocycles. The molecule has 1 aliphatic heterocycles. The highest BCUT2D eigenvalue weighted by atomic mass is 19.1. The van der Waals surface area contributed by atoms with Gasteiger partial charge >= 0.3 is 6.09 Å². The van der Waals surface area contributed by atoms with Crippen LogP contribution in [0.15, 0.2) is 36.4 Å². The maximum atomic E-state index is 12.9. The minimum atomic E-state index is -0.458. The van der Waals surface area contributed by atoms with E-state index in [9.17, 15) is 9.18 Å². The van der Waals surface area contributed by atoms with Gasteiger partial charge in [-0.1, -0.05) is 24.3 Å². The van der Waals surface area contributed by atoms with Crippen molar-refractivity contribution in [1.82, 2.24) is 4.90 Å². The highest BCUT2D eigenvalue weighted by molar-refractivity contribution is 5.68. The standard InChI is InChI=1S/C19H26FNO2/c1-14(13-15-5-7-17(20)8-6-15)16-9-11-21(12-10-16)18(22)23-19(2,3)4/h5-8,16H,1,9-13H2,2-4H3. The molecule has 0 spiro atoms. The molecule has 126 valence electrons. The number of nitrogens with zero attached hydrogens (tertiary/aromatic N) is 1. The lowest BCUT2D eigenvalue weighted by Crippen LogP contribution is -2.42. The third-order valence-electron chi connectivity index (χ3n) is 4.07. The summed E-state index contributed by atoms with van der Waals surface area (Å²) in [7, 11) is 0. The molecule has 1 amide bonds. The zero-order valence-electron chi connectivity index (χ0n) is 14.3. The first-order chi connectivity index (χ1) is 10.7. The van der Waals surface area contributed by atoms with Crippen molar-refractivity contribution in [3.63, 3.8) is 0 Å². The molecule has 1 aliphatic rings. The summed E-state index contributed by atoms with van der Waals surface area (Å²) in [4.78, 5) is 13.8. The molecule has 0 unspecified atom stereocenters. The summed E-state index contributed by atoms with van der Waals surface area (Å²) in [6, 6.07) is 6.56. The fourth-order valence-electron chi connectivity index (χ4n) is 2.81. The molecule has 0 aliphatic carbocycles. The van der Waals surface area contributed by atoms with Crippen molar-refractivity contribution in [1.29, 1.82) is 0 Å². The van der Waals surface area contributed by atoms with Crippen molar-refractivity contribution >= 4 is 6.09 Å². The van der Waals surface area contributed by atoms with Crippen LogP contribution < -0.4 is 0 Å². The van der Waals surface area contributed by atoms with Crippen molar-refractivity contribution in [3.8, 4) is 0 Å². The van der Waals surface area contributed by atoms with Crippen LogP contribution in [0.2, 0.25) is 0 Å². The molecule has 0 aromatic heterocycles. The van der Waals surface area contributed by atoms with Gasteiger partial charge in [-0.25, -0.2) is 9.18 Å². The van der Waals surface area contributed by atoms with E-state index in [2.05, 4.69) is 6.58 Å². The van der Waals surface area contributed by atoms with Crippen LogP contribution in [0, 0.1) is 11.7 Å². The van der Waals surface area contributed by atoms with E-state index in [-0.39, 0.29) is 11.9 Å². The fraction of sp³-hybridized carbons (Fsp3) is 0.526. The van der Waals surface area contributed by atoms with Gasteiger partial charge in [0.05, 0.1) is 0 Å². The highest BCUT2D eigenvalue weighted by Crippen LogP contribution is 2.27. The number of benzene rings is 1. The molecular weight excluding hydrogens is 293 g/mol. The highest BCUT2D eigenvalue weighted by Gasteiger charge is 2.27. The Labute approximate surface area is 138 Å². The number of carbonyl (C=O) groups is 1. The van der Waals surface area contributed by atoms with Crippen molar-refractivity contribution in [2.45, 2.75) is 45.6 Å². The van der Waals surface area contributed by atoms with E-state index in [0.29, 0.717) is 19.0 Å². The lowest BCUT2D eigenvalue weighted by molar-refractivity contribution is 0.0194. The van der Waals surface area contributed by atoms with Gasteiger partial charge in [-0.05, 0) is 63.6 Å². The number of hydrogen-bond donors (Lipinski definition) is 0. The number of halogens is 1. The van der Waals surface area contributed by atoms with E-state index in [4.69, 9.17) is 4.74 Å². The molecule has 1 heterocycles. The molecule has 0 radical (unpaired) electrons. The molecule has 0 bridgehead atoms. The SMILES string of the molecule is C=C(Cc1ccc(F)cc1)C1CCN(C(=O)OC(C)(C)C)CC1. The first-order valence-electron chi connectivity index (χ1n) is 8.14. The Morgan fingerprint density at radius 2 is 1.83 bits per heavy atom. The zero-order chi connectivity index (χ0) is 17.0. The summed E-state index contributed by atoms with van der Waals surface area (Å²) in [5.74, 6) is 0.184. The summed E-state index contributed by atoms with van der Waals surface area (Å²) in [6.07, 6.45) is 2.33. The molecule has 23 heavy (non-hydrogen) atoms. The summed E-state index contributed by atoms with van der Waals surface area (Å²) in [6.45, 7) is 11.2. The number of amides is 1. The van der Waals surface area contributed by atoms with E-state index in [1.165, 1.54) is 12.1 Å². The average Bonchev–Trinajstić information content (AvgIpc) is 2.48. The number of hydrogen-bond acceptors (Lipinski definition) is 2. The Hall–Kier alpha value is -1.84. The van der Waals surface area contributed by atoms with Crippen LogP contribution in [0.3, 0.4) is 0 Å². The Kier molecular flexibility index (Phi) is 5.45. The van der Waals surface area contributed by atoms with Gasteiger partial charge in [0.25, 0.3) is 0 Å². The van der Waals surface area contributed by atoms with Crippen LogP contribution in [0.25, 0.3) is 0 Å². The zero-order valence-corrected chi connectivity index (χ0v) is 14.3. The second-order valence-electron chi connectivity index (χ2n) is 7.20. The lowest BCUT2D eigenvalue weighted by Gasteiger charge is -2.34. The number of ether oxygens (including phenoxy) is 1. The Morgan fingerprint density at radius 3 is 2.35 bits per heavy atom. The van der Waals surface area contributed by atoms with Crippen LogP contribution in [0.4, 0.5) is 9.18 Å². The molecule has 0 N–H and O–H groups in total. The van der Waals surface area contributed by atoms with E-state index < -0.39 is 5.60 Å². The Balaban J connectivity index is 1.83. The summed E-state index contributed by atoms with van der Waals surface area (Å²) in [5.41, 5.74) is 1.77. The largest absolute Gasteiger partial charge is 0.444 e. The van der Waals surface area contributed by atoms with Gasteiger partial charge in [0.2, 0.25) is 0 Å². The minimum absolute atomic E-state index is 0.218. The lowest BCUT2D eigenvalue weighted by atomic mass is 9.87. The summed E-state index contributed by atoms with van der Waals surface area (Å²) >= 11 is 0. The quantitative estimate of drug-likeness (QED) is 0.764. The molecule has 1 fully saturated rings. The summed E-state index contributed by atoms with van der Waals surface area (Å²) in [5, 5.41) is 0. The molecule has 0 atom stereocenters. The van der Waals surface area contributed by atoms with Gasteiger partial charge in [-0.15, -0.1) is 0 Å². The normalized spacial score (nSPS) is 16.3. The van der Waals surface area contributed by atoms with Gasteiger partial charge in [0.1, 0.15) is 11.4 Å². The number of rotatable bonds is 3.